The van der Waals surface area contributed by atoms with Crippen LogP contribution in [0.4, 0.5) is 0 Å². The maximum atomic E-state index is 12.1. The fourth-order valence-corrected chi connectivity index (χ4v) is 4.49. The predicted molar refractivity (Wildman–Crippen MR) is 69.8 cm³/mol. The highest BCUT2D eigenvalue weighted by Gasteiger charge is 2.49. The number of carbonyl (C=O) groups is 1. The average Bonchev–Trinajstić information content (AvgIpc) is 2.78. The summed E-state index contributed by atoms with van der Waals surface area (Å²) in [5, 5.41) is 18.4. The maximum absolute atomic E-state index is 12.1. The molecule has 2 atom stereocenters. The van der Waals surface area contributed by atoms with E-state index in [0.29, 0.717) is 17.8 Å². The molecule has 1 aliphatic rings. The first-order chi connectivity index (χ1) is 8.64. The third-order valence-corrected chi connectivity index (χ3v) is 6.61. The van der Waals surface area contributed by atoms with Gasteiger partial charge in [-0.1, -0.05) is 13.8 Å². The molecule has 1 aromatic rings. The molecular weight excluding hydrogens is 290 g/mol. The van der Waals surface area contributed by atoms with Crippen LogP contribution >= 0.6 is 11.3 Å². The first-order valence-corrected chi connectivity index (χ1v) is 7.98. The Labute approximate surface area is 115 Å². The van der Waals surface area contributed by atoms with Gasteiger partial charge in [-0.25, -0.2) is 17.9 Å². The lowest BCUT2D eigenvalue weighted by Crippen LogP contribution is -2.60. The van der Waals surface area contributed by atoms with Crippen molar-refractivity contribution in [2.24, 2.45) is 5.41 Å². The number of aromatic carboxylic acids is 1. The lowest BCUT2D eigenvalue weighted by Gasteiger charge is -2.49. The van der Waals surface area contributed by atoms with Crippen LogP contribution in [-0.4, -0.2) is 36.7 Å². The quantitative estimate of drug-likeness (QED) is 0.766. The summed E-state index contributed by atoms with van der Waals surface area (Å²) in [5.74, 6) is -1.15. The van der Waals surface area contributed by atoms with Crippen molar-refractivity contribution in [2.75, 3.05) is 0 Å². The van der Waals surface area contributed by atoms with E-state index in [2.05, 4.69) is 4.72 Å². The Kier molecular flexibility index (Phi) is 3.46. The first-order valence-electron chi connectivity index (χ1n) is 5.68. The van der Waals surface area contributed by atoms with Gasteiger partial charge in [-0.05, 0) is 18.6 Å². The van der Waals surface area contributed by atoms with Crippen molar-refractivity contribution in [3.8, 4) is 0 Å². The summed E-state index contributed by atoms with van der Waals surface area (Å²) in [6.07, 6.45) is -0.165. The third kappa shape index (κ3) is 2.53. The van der Waals surface area contributed by atoms with Gasteiger partial charge in [0.15, 0.2) is 0 Å². The number of carboxylic acid groups (broad SMARTS) is 1. The van der Waals surface area contributed by atoms with Crippen LogP contribution in [-0.2, 0) is 10.0 Å². The molecule has 2 rings (SSSR count). The second kappa shape index (κ2) is 4.55. The third-order valence-electron chi connectivity index (χ3n) is 3.57. The van der Waals surface area contributed by atoms with E-state index in [1.54, 1.807) is 13.8 Å². The van der Waals surface area contributed by atoms with Crippen LogP contribution in [0.15, 0.2) is 16.3 Å². The van der Waals surface area contributed by atoms with Crippen molar-refractivity contribution >= 4 is 27.3 Å². The molecule has 1 fully saturated rings. The van der Waals surface area contributed by atoms with Crippen LogP contribution in [0.5, 0.6) is 0 Å². The molecule has 19 heavy (non-hydrogen) atoms. The number of sulfonamides is 1. The van der Waals surface area contributed by atoms with Gasteiger partial charge in [0.25, 0.3) is 0 Å². The van der Waals surface area contributed by atoms with Crippen molar-refractivity contribution in [3.63, 3.8) is 0 Å². The van der Waals surface area contributed by atoms with Gasteiger partial charge in [0.2, 0.25) is 10.0 Å². The first kappa shape index (κ1) is 14.4. The number of nitrogens with one attached hydrogen (secondary N) is 1. The van der Waals surface area contributed by atoms with E-state index in [-0.39, 0.29) is 15.1 Å². The molecule has 106 valence electrons. The van der Waals surface area contributed by atoms with E-state index in [1.807, 2.05) is 0 Å². The Morgan fingerprint density at radius 3 is 2.53 bits per heavy atom. The summed E-state index contributed by atoms with van der Waals surface area (Å²) < 4.78 is 26.7. The number of rotatable bonds is 4. The number of thiophene rings is 1. The summed E-state index contributed by atoms with van der Waals surface area (Å²) in [4.78, 5) is 10.7. The zero-order valence-electron chi connectivity index (χ0n) is 10.5. The van der Waals surface area contributed by atoms with Crippen LogP contribution < -0.4 is 4.72 Å². The van der Waals surface area contributed by atoms with Crippen LogP contribution in [0.25, 0.3) is 0 Å². The molecule has 8 heteroatoms. The Bertz CT molecular complexity index is 604. The van der Waals surface area contributed by atoms with E-state index in [9.17, 15) is 18.3 Å². The van der Waals surface area contributed by atoms with Crippen LogP contribution in [0.2, 0.25) is 0 Å². The van der Waals surface area contributed by atoms with Gasteiger partial charge in [0.05, 0.1) is 6.10 Å². The fourth-order valence-electron chi connectivity index (χ4n) is 1.93. The maximum Gasteiger partial charge on any atom is 0.345 e. The van der Waals surface area contributed by atoms with E-state index in [4.69, 9.17) is 5.11 Å². The summed E-state index contributed by atoms with van der Waals surface area (Å²) in [6.45, 7) is 3.57. The minimum Gasteiger partial charge on any atom is -0.477 e. The van der Waals surface area contributed by atoms with Gasteiger partial charge >= 0.3 is 5.97 Å². The zero-order valence-corrected chi connectivity index (χ0v) is 12.1. The molecule has 1 heterocycles. The molecular formula is C11H15NO5S2. The molecule has 0 radical (unpaired) electrons. The second-order valence-electron chi connectivity index (χ2n) is 5.17. The molecule has 1 aromatic heterocycles. The van der Waals surface area contributed by atoms with Crippen molar-refractivity contribution < 1.29 is 23.4 Å². The van der Waals surface area contributed by atoms with Gasteiger partial charge in [-0.15, -0.1) is 11.3 Å². The van der Waals surface area contributed by atoms with Crippen LogP contribution in [0.1, 0.15) is 29.9 Å². The zero-order chi connectivity index (χ0) is 14.4. The van der Waals surface area contributed by atoms with E-state index >= 15 is 0 Å². The lowest BCUT2D eigenvalue weighted by molar-refractivity contribution is -0.0645. The molecule has 1 aliphatic carbocycles. The standard InChI is InChI=1S/C11H15NO5S2/c1-11(2)7(5-8(11)13)12-19(16,17)9-4-3-6(18-9)10(14)15/h3-4,7-8,12-13H,5H2,1-2H3,(H,14,15). The average molecular weight is 305 g/mol. The predicted octanol–water partition coefficient (Wildman–Crippen LogP) is 0.884. The summed E-state index contributed by atoms with van der Waals surface area (Å²) >= 11 is 0.713. The Morgan fingerprint density at radius 2 is 2.11 bits per heavy atom. The minimum absolute atomic E-state index is 0.0201. The van der Waals surface area contributed by atoms with Gasteiger partial charge in [0.1, 0.15) is 9.09 Å². The number of hydrogen-bond donors (Lipinski definition) is 3. The topological polar surface area (TPSA) is 104 Å². The SMILES string of the molecule is CC1(C)C(O)CC1NS(=O)(=O)c1ccc(C(=O)O)s1. The monoisotopic (exact) mass is 305 g/mol. The van der Waals surface area contributed by atoms with Gasteiger partial charge < -0.3 is 10.2 Å². The summed E-state index contributed by atoms with van der Waals surface area (Å²) in [5.41, 5.74) is -0.514. The number of carboxylic acids is 1. The lowest BCUT2D eigenvalue weighted by atomic mass is 9.65. The van der Waals surface area contributed by atoms with Crippen LogP contribution in [0, 0.1) is 5.41 Å². The second-order valence-corrected chi connectivity index (χ2v) is 8.20. The molecule has 0 saturated heterocycles. The van der Waals surface area contributed by atoms with Gasteiger partial charge in [0, 0.05) is 11.5 Å². The fraction of sp³-hybridized carbons (Fsp3) is 0.545. The highest BCUT2D eigenvalue weighted by atomic mass is 32.2. The highest BCUT2D eigenvalue weighted by Crippen LogP contribution is 2.41. The van der Waals surface area contributed by atoms with Gasteiger partial charge in [-0.2, -0.15) is 0 Å². The molecule has 1 saturated carbocycles. The van der Waals surface area contributed by atoms with Crippen molar-refractivity contribution in [2.45, 2.75) is 36.6 Å². The van der Waals surface area contributed by atoms with E-state index in [1.165, 1.54) is 12.1 Å². The number of hydrogen-bond acceptors (Lipinski definition) is 5. The Balaban J connectivity index is 2.17. The van der Waals surface area contributed by atoms with Crippen molar-refractivity contribution in [1.29, 1.82) is 0 Å². The number of aliphatic hydroxyl groups is 1. The molecule has 6 nitrogen and oxygen atoms in total. The molecule has 0 aromatic carbocycles. The van der Waals surface area contributed by atoms with Gasteiger partial charge in [-0.3, -0.25) is 0 Å². The molecule has 0 aliphatic heterocycles. The molecule has 0 amide bonds. The Morgan fingerprint density at radius 1 is 1.47 bits per heavy atom. The number of aliphatic hydroxyl groups excluding tert-OH is 1. The van der Waals surface area contributed by atoms with E-state index < -0.39 is 27.5 Å². The molecule has 0 spiro atoms. The van der Waals surface area contributed by atoms with Crippen molar-refractivity contribution in [1.82, 2.24) is 4.72 Å². The minimum atomic E-state index is -3.73. The molecule has 3 N–H and O–H groups in total. The van der Waals surface area contributed by atoms with Crippen LogP contribution in [0.3, 0.4) is 0 Å². The van der Waals surface area contributed by atoms with Crippen molar-refractivity contribution in [3.05, 3.63) is 17.0 Å². The Hall–Kier alpha value is -0.960. The smallest absolute Gasteiger partial charge is 0.345 e. The largest absolute Gasteiger partial charge is 0.477 e. The molecule has 0 bridgehead atoms. The van der Waals surface area contributed by atoms with E-state index in [0.717, 1.165) is 0 Å². The summed E-state index contributed by atoms with van der Waals surface area (Å²) in [7, 11) is -3.73. The molecule has 2 unspecified atom stereocenters. The summed E-state index contributed by atoms with van der Waals surface area (Å²) in [6, 6.07) is 2.20. The highest BCUT2D eigenvalue weighted by molar-refractivity contribution is 7.91. The normalized spacial score (nSPS) is 25.8.